The van der Waals surface area contributed by atoms with Gasteiger partial charge in [-0.05, 0) is 31.0 Å². The summed E-state index contributed by atoms with van der Waals surface area (Å²) in [4.78, 5) is 0.0292. The Morgan fingerprint density at radius 2 is 2.10 bits per heavy atom. The summed E-state index contributed by atoms with van der Waals surface area (Å²) in [6, 6.07) is 2.78. The minimum atomic E-state index is -3.76. The number of aromatic nitrogens is 2. The quantitative estimate of drug-likeness (QED) is 0.843. The molecule has 6 nitrogen and oxygen atoms in total. The van der Waals surface area contributed by atoms with Crippen LogP contribution in [0.1, 0.15) is 18.2 Å². The Kier molecular flexibility index (Phi) is 4.15. The van der Waals surface area contributed by atoms with E-state index in [1.807, 2.05) is 6.92 Å². The second-order valence-electron chi connectivity index (χ2n) is 4.74. The number of sulfonamides is 1. The maximum absolute atomic E-state index is 12.4. The first kappa shape index (κ1) is 15.7. The molecule has 114 valence electrons. The van der Waals surface area contributed by atoms with Crippen molar-refractivity contribution in [3.05, 3.63) is 34.6 Å². The first-order valence-electron chi connectivity index (χ1n) is 6.35. The molecule has 1 heterocycles. The zero-order valence-electron chi connectivity index (χ0n) is 12.0. The van der Waals surface area contributed by atoms with Crippen molar-refractivity contribution in [2.45, 2.75) is 25.2 Å². The topological polar surface area (TPSA) is 90.0 Å². The van der Waals surface area contributed by atoms with Crippen LogP contribution in [0.2, 0.25) is 5.02 Å². The summed E-state index contributed by atoms with van der Waals surface area (Å²) in [6.07, 6.45) is 2.24. The highest BCUT2D eigenvalue weighted by Gasteiger charge is 2.19. The van der Waals surface area contributed by atoms with Crippen LogP contribution in [0, 0.1) is 6.92 Å². The van der Waals surface area contributed by atoms with Crippen LogP contribution in [0.25, 0.3) is 0 Å². The maximum atomic E-state index is 12.4. The Labute approximate surface area is 129 Å². The van der Waals surface area contributed by atoms with E-state index in [2.05, 4.69) is 9.82 Å². The summed E-state index contributed by atoms with van der Waals surface area (Å²) in [6.45, 7) is 3.64. The molecule has 0 spiro atoms. The predicted octanol–water partition coefficient (Wildman–Crippen LogP) is 2.33. The molecule has 0 saturated heterocycles. The summed E-state index contributed by atoms with van der Waals surface area (Å²) in [5.74, 6) is 0. The zero-order valence-corrected chi connectivity index (χ0v) is 13.6. The molecular weight excluding hydrogens is 312 g/mol. The number of hydrogen-bond donors (Lipinski definition) is 2. The van der Waals surface area contributed by atoms with Crippen LogP contribution in [-0.2, 0) is 23.5 Å². The number of nitrogen functional groups attached to an aromatic ring is 1. The lowest BCUT2D eigenvalue weighted by Gasteiger charge is -2.10. The summed E-state index contributed by atoms with van der Waals surface area (Å²) >= 11 is 6.00. The van der Waals surface area contributed by atoms with Gasteiger partial charge >= 0.3 is 0 Å². The van der Waals surface area contributed by atoms with Gasteiger partial charge in [0.25, 0.3) is 10.0 Å². The van der Waals surface area contributed by atoms with Crippen molar-refractivity contribution in [3.63, 3.8) is 0 Å². The monoisotopic (exact) mass is 328 g/mol. The first-order chi connectivity index (χ1) is 9.74. The zero-order chi connectivity index (χ0) is 15.8. The third kappa shape index (κ3) is 3.14. The third-order valence-corrected chi connectivity index (χ3v) is 4.89. The molecule has 0 radical (unpaired) electrons. The molecule has 21 heavy (non-hydrogen) atoms. The molecule has 1 aromatic carbocycles. The Morgan fingerprint density at radius 3 is 2.67 bits per heavy atom. The van der Waals surface area contributed by atoms with Gasteiger partial charge in [0.15, 0.2) is 0 Å². The molecule has 0 bridgehead atoms. The van der Waals surface area contributed by atoms with Crippen LogP contribution in [0.15, 0.2) is 23.2 Å². The SMILES string of the molecule is CCc1nn(C)cc1NS(=O)(=O)c1cc(N)c(C)c(Cl)c1. The van der Waals surface area contributed by atoms with Crippen molar-refractivity contribution in [1.82, 2.24) is 9.78 Å². The lowest BCUT2D eigenvalue weighted by Crippen LogP contribution is -2.14. The van der Waals surface area contributed by atoms with E-state index >= 15 is 0 Å². The number of nitrogens with one attached hydrogen (secondary N) is 1. The molecule has 0 aliphatic carbocycles. The van der Waals surface area contributed by atoms with Gasteiger partial charge in [-0.15, -0.1) is 0 Å². The van der Waals surface area contributed by atoms with Crippen LogP contribution >= 0.6 is 11.6 Å². The van der Waals surface area contributed by atoms with Crippen LogP contribution < -0.4 is 10.5 Å². The van der Waals surface area contributed by atoms with Gasteiger partial charge in [-0.1, -0.05) is 18.5 Å². The van der Waals surface area contributed by atoms with Crippen LogP contribution in [-0.4, -0.2) is 18.2 Å². The van der Waals surface area contributed by atoms with Crippen LogP contribution in [0.5, 0.6) is 0 Å². The van der Waals surface area contributed by atoms with Gasteiger partial charge in [-0.25, -0.2) is 8.42 Å². The van der Waals surface area contributed by atoms with E-state index in [4.69, 9.17) is 17.3 Å². The normalized spacial score (nSPS) is 11.6. The molecule has 0 atom stereocenters. The van der Waals surface area contributed by atoms with Gasteiger partial charge in [0.05, 0.1) is 16.3 Å². The Balaban J connectivity index is 2.43. The number of anilines is 2. The smallest absolute Gasteiger partial charge is 0.262 e. The van der Waals surface area contributed by atoms with Crippen LogP contribution in [0.3, 0.4) is 0 Å². The molecule has 0 unspecified atom stereocenters. The van der Waals surface area contributed by atoms with E-state index < -0.39 is 10.0 Å². The Hall–Kier alpha value is -1.73. The lowest BCUT2D eigenvalue weighted by atomic mass is 10.2. The first-order valence-corrected chi connectivity index (χ1v) is 8.21. The van der Waals surface area contributed by atoms with Gasteiger partial charge in [-0.2, -0.15) is 5.10 Å². The lowest BCUT2D eigenvalue weighted by molar-refractivity contribution is 0.601. The minimum Gasteiger partial charge on any atom is -0.398 e. The molecular formula is C13H17ClN4O2S. The maximum Gasteiger partial charge on any atom is 0.262 e. The van der Waals surface area contributed by atoms with Crippen molar-refractivity contribution in [1.29, 1.82) is 0 Å². The fraction of sp³-hybridized carbons (Fsp3) is 0.308. The van der Waals surface area contributed by atoms with E-state index in [1.165, 1.54) is 12.1 Å². The molecule has 2 aromatic rings. The van der Waals surface area contributed by atoms with Gasteiger partial charge in [0.2, 0.25) is 0 Å². The largest absolute Gasteiger partial charge is 0.398 e. The average molecular weight is 329 g/mol. The van der Waals surface area contributed by atoms with E-state index in [0.29, 0.717) is 34.1 Å². The minimum absolute atomic E-state index is 0.0292. The highest BCUT2D eigenvalue weighted by Crippen LogP contribution is 2.27. The highest BCUT2D eigenvalue weighted by atomic mass is 35.5. The van der Waals surface area contributed by atoms with Crippen LogP contribution in [0.4, 0.5) is 11.4 Å². The molecule has 0 aliphatic heterocycles. The number of nitrogens with two attached hydrogens (primary N) is 1. The van der Waals surface area contributed by atoms with Crippen molar-refractivity contribution >= 4 is 33.0 Å². The number of halogens is 1. The molecule has 0 saturated carbocycles. The number of benzene rings is 1. The number of rotatable bonds is 4. The van der Waals surface area contributed by atoms with Gasteiger partial charge in [-0.3, -0.25) is 9.40 Å². The summed E-state index contributed by atoms with van der Waals surface area (Å²) in [7, 11) is -2.03. The predicted molar refractivity (Wildman–Crippen MR) is 84.0 cm³/mol. The fourth-order valence-electron chi connectivity index (χ4n) is 1.91. The number of nitrogens with zero attached hydrogens (tertiary/aromatic N) is 2. The Bertz CT molecular complexity index is 760. The molecule has 1 aromatic heterocycles. The molecule has 8 heteroatoms. The van der Waals surface area contributed by atoms with Gasteiger partial charge < -0.3 is 5.73 Å². The van der Waals surface area contributed by atoms with E-state index in [0.717, 1.165) is 0 Å². The summed E-state index contributed by atoms with van der Waals surface area (Å²) < 4.78 is 29.0. The number of hydrogen-bond acceptors (Lipinski definition) is 4. The van der Waals surface area contributed by atoms with E-state index in [9.17, 15) is 8.42 Å². The average Bonchev–Trinajstić information content (AvgIpc) is 2.74. The molecule has 3 N–H and O–H groups in total. The van der Waals surface area contributed by atoms with Crippen molar-refractivity contribution in [2.24, 2.45) is 7.05 Å². The fourth-order valence-corrected chi connectivity index (χ4v) is 3.34. The summed E-state index contributed by atoms with van der Waals surface area (Å²) in [5.41, 5.74) is 7.90. The van der Waals surface area contributed by atoms with Gasteiger partial charge in [0.1, 0.15) is 0 Å². The Morgan fingerprint density at radius 1 is 1.43 bits per heavy atom. The molecule has 2 rings (SSSR count). The van der Waals surface area contributed by atoms with Crippen molar-refractivity contribution in [3.8, 4) is 0 Å². The van der Waals surface area contributed by atoms with E-state index in [1.54, 1.807) is 24.9 Å². The van der Waals surface area contributed by atoms with E-state index in [-0.39, 0.29) is 4.90 Å². The highest BCUT2D eigenvalue weighted by molar-refractivity contribution is 7.92. The van der Waals surface area contributed by atoms with Gasteiger partial charge in [0, 0.05) is 24.0 Å². The second-order valence-corrected chi connectivity index (χ2v) is 6.83. The third-order valence-electron chi connectivity index (χ3n) is 3.15. The van der Waals surface area contributed by atoms with Crippen molar-refractivity contribution < 1.29 is 8.42 Å². The molecule has 0 amide bonds. The number of aryl methyl sites for hydroxylation is 2. The summed E-state index contributed by atoms with van der Waals surface area (Å²) in [5, 5.41) is 4.51. The second kappa shape index (κ2) is 5.57. The van der Waals surface area contributed by atoms with Crippen molar-refractivity contribution in [2.75, 3.05) is 10.5 Å². The standard InChI is InChI=1S/C13H17ClN4O2S/c1-4-12-13(7-18(3)16-12)17-21(19,20)9-5-10(14)8(2)11(15)6-9/h5-7,17H,4,15H2,1-3H3. The molecule has 0 fully saturated rings. The molecule has 0 aliphatic rings.